The van der Waals surface area contributed by atoms with Gasteiger partial charge in [-0.2, -0.15) is 0 Å². The van der Waals surface area contributed by atoms with Gasteiger partial charge >= 0.3 is 0 Å². The van der Waals surface area contributed by atoms with Gasteiger partial charge in [-0.3, -0.25) is 15.0 Å². The molecule has 116 valence electrons. The van der Waals surface area contributed by atoms with Crippen molar-refractivity contribution < 1.29 is 9.66 Å². The van der Waals surface area contributed by atoms with E-state index >= 15 is 0 Å². The van der Waals surface area contributed by atoms with Crippen LogP contribution in [0.1, 0.15) is 25.3 Å². The molecule has 6 nitrogen and oxygen atoms in total. The number of ether oxygens (including phenoxy) is 1. The van der Waals surface area contributed by atoms with Crippen LogP contribution >= 0.6 is 0 Å². The second kappa shape index (κ2) is 7.38. The molecule has 6 heteroatoms. The first-order valence-electron chi connectivity index (χ1n) is 7.40. The summed E-state index contributed by atoms with van der Waals surface area (Å²) in [5.74, 6) is 0.283. The Balaban J connectivity index is 1.96. The standard InChI is InChI=1S/C15H23N3O3/c1-12(2)13-3-4-14(15(11-13)18(19)20)16-5-6-17-7-9-21-10-8-17/h3-4,11-12,16H,5-10H2,1-2H3. The van der Waals surface area contributed by atoms with E-state index < -0.39 is 0 Å². The van der Waals surface area contributed by atoms with E-state index in [2.05, 4.69) is 10.2 Å². The number of hydrogen-bond donors (Lipinski definition) is 1. The lowest BCUT2D eigenvalue weighted by atomic mass is 10.0. The van der Waals surface area contributed by atoms with E-state index in [1.165, 1.54) is 0 Å². The fraction of sp³-hybridized carbons (Fsp3) is 0.600. The van der Waals surface area contributed by atoms with Crippen LogP contribution < -0.4 is 5.32 Å². The van der Waals surface area contributed by atoms with Crippen LogP contribution in [0.15, 0.2) is 18.2 Å². The number of benzene rings is 1. The van der Waals surface area contributed by atoms with Crippen LogP contribution in [0, 0.1) is 10.1 Å². The van der Waals surface area contributed by atoms with Crippen LogP contribution in [0.5, 0.6) is 0 Å². The first kappa shape index (κ1) is 15.7. The third-order valence-electron chi connectivity index (χ3n) is 3.73. The van der Waals surface area contributed by atoms with Gasteiger partial charge in [-0.05, 0) is 17.5 Å². The predicted octanol–water partition coefficient (Wildman–Crippen LogP) is 2.46. The summed E-state index contributed by atoms with van der Waals surface area (Å²) in [4.78, 5) is 13.2. The van der Waals surface area contributed by atoms with Crippen molar-refractivity contribution in [2.24, 2.45) is 0 Å². The SMILES string of the molecule is CC(C)c1ccc(NCCN2CCOCC2)c([N+](=O)[O-])c1. The average Bonchev–Trinajstić information content (AvgIpc) is 2.48. The van der Waals surface area contributed by atoms with Crippen LogP contribution in [0.3, 0.4) is 0 Å². The molecule has 0 amide bonds. The Labute approximate surface area is 125 Å². The highest BCUT2D eigenvalue weighted by atomic mass is 16.6. The highest BCUT2D eigenvalue weighted by Gasteiger charge is 2.16. The molecule has 0 atom stereocenters. The van der Waals surface area contributed by atoms with Crippen LogP contribution in [0.25, 0.3) is 0 Å². The highest BCUT2D eigenvalue weighted by Crippen LogP contribution is 2.28. The summed E-state index contributed by atoms with van der Waals surface area (Å²) in [7, 11) is 0. The van der Waals surface area contributed by atoms with Gasteiger partial charge in [0.1, 0.15) is 5.69 Å². The van der Waals surface area contributed by atoms with Crippen molar-refractivity contribution >= 4 is 11.4 Å². The van der Waals surface area contributed by atoms with Gasteiger partial charge < -0.3 is 10.1 Å². The average molecular weight is 293 g/mol. The van der Waals surface area contributed by atoms with Crippen molar-refractivity contribution in [3.8, 4) is 0 Å². The van der Waals surface area contributed by atoms with E-state index in [1.807, 2.05) is 26.0 Å². The molecule has 0 spiro atoms. The van der Waals surface area contributed by atoms with Crippen LogP contribution in [-0.4, -0.2) is 49.2 Å². The Morgan fingerprint density at radius 2 is 2.10 bits per heavy atom. The zero-order valence-corrected chi connectivity index (χ0v) is 12.7. The topological polar surface area (TPSA) is 67.6 Å². The fourth-order valence-corrected chi connectivity index (χ4v) is 2.38. The predicted molar refractivity (Wildman–Crippen MR) is 82.9 cm³/mol. The minimum Gasteiger partial charge on any atom is -0.379 e. The molecule has 21 heavy (non-hydrogen) atoms. The number of nitrogens with one attached hydrogen (secondary N) is 1. The van der Waals surface area contributed by atoms with E-state index in [0.717, 1.165) is 38.4 Å². The van der Waals surface area contributed by atoms with E-state index in [-0.39, 0.29) is 16.5 Å². The molecule has 0 bridgehead atoms. The normalized spacial score (nSPS) is 16.1. The van der Waals surface area contributed by atoms with Crippen molar-refractivity contribution in [2.75, 3.05) is 44.7 Å². The molecule has 1 fully saturated rings. The molecule has 0 radical (unpaired) electrons. The van der Waals surface area contributed by atoms with Gasteiger partial charge in [-0.15, -0.1) is 0 Å². The van der Waals surface area contributed by atoms with Gasteiger partial charge in [0.05, 0.1) is 18.1 Å². The summed E-state index contributed by atoms with van der Waals surface area (Å²) in [6, 6.07) is 5.43. The summed E-state index contributed by atoms with van der Waals surface area (Å²) in [5.41, 5.74) is 1.74. The van der Waals surface area contributed by atoms with E-state index in [9.17, 15) is 10.1 Å². The maximum absolute atomic E-state index is 11.2. The maximum atomic E-state index is 11.2. The molecule has 1 saturated heterocycles. The molecular weight excluding hydrogens is 270 g/mol. The number of nitro benzene ring substituents is 1. The van der Waals surface area contributed by atoms with Gasteiger partial charge in [0, 0.05) is 32.2 Å². The number of nitro groups is 1. The lowest BCUT2D eigenvalue weighted by Crippen LogP contribution is -2.39. The summed E-state index contributed by atoms with van der Waals surface area (Å²) < 4.78 is 5.30. The molecule has 0 aromatic heterocycles. The summed E-state index contributed by atoms with van der Waals surface area (Å²) in [5, 5.41) is 14.4. The third kappa shape index (κ3) is 4.41. The van der Waals surface area contributed by atoms with Gasteiger partial charge in [0.2, 0.25) is 0 Å². The Bertz CT molecular complexity index is 485. The summed E-state index contributed by atoms with van der Waals surface area (Å²) in [6.07, 6.45) is 0. The lowest BCUT2D eigenvalue weighted by molar-refractivity contribution is -0.384. The van der Waals surface area contributed by atoms with E-state index in [1.54, 1.807) is 6.07 Å². The molecule has 1 N–H and O–H groups in total. The number of hydrogen-bond acceptors (Lipinski definition) is 5. The maximum Gasteiger partial charge on any atom is 0.292 e. The number of rotatable bonds is 6. The highest BCUT2D eigenvalue weighted by molar-refractivity contribution is 5.62. The molecule has 2 rings (SSSR count). The number of anilines is 1. The van der Waals surface area contributed by atoms with Crippen LogP contribution in [0.4, 0.5) is 11.4 Å². The first-order chi connectivity index (χ1) is 10.1. The molecule has 0 aliphatic carbocycles. The second-order valence-corrected chi connectivity index (χ2v) is 5.57. The molecule has 1 aliphatic heterocycles. The van der Waals surface area contributed by atoms with Crippen LogP contribution in [-0.2, 0) is 4.74 Å². The van der Waals surface area contributed by atoms with Gasteiger partial charge in [-0.1, -0.05) is 19.9 Å². The minimum atomic E-state index is -0.317. The zero-order valence-electron chi connectivity index (χ0n) is 12.7. The van der Waals surface area contributed by atoms with Crippen molar-refractivity contribution in [1.82, 2.24) is 4.90 Å². The van der Waals surface area contributed by atoms with E-state index in [4.69, 9.17) is 4.74 Å². The quantitative estimate of drug-likeness (QED) is 0.644. The van der Waals surface area contributed by atoms with Gasteiger partial charge in [0.25, 0.3) is 5.69 Å². The van der Waals surface area contributed by atoms with Gasteiger partial charge in [0.15, 0.2) is 0 Å². The molecule has 0 saturated carbocycles. The molecule has 0 unspecified atom stereocenters. The molecule has 1 heterocycles. The lowest BCUT2D eigenvalue weighted by Gasteiger charge is -2.26. The number of nitrogens with zero attached hydrogens (tertiary/aromatic N) is 2. The van der Waals surface area contributed by atoms with E-state index in [0.29, 0.717) is 12.2 Å². The van der Waals surface area contributed by atoms with Crippen molar-refractivity contribution in [1.29, 1.82) is 0 Å². The molecule has 1 aromatic rings. The monoisotopic (exact) mass is 293 g/mol. The van der Waals surface area contributed by atoms with Crippen LogP contribution in [0.2, 0.25) is 0 Å². The Kier molecular flexibility index (Phi) is 5.52. The summed E-state index contributed by atoms with van der Waals surface area (Å²) >= 11 is 0. The van der Waals surface area contributed by atoms with Crippen molar-refractivity contribution in [3.63, 3.8) is 0 Å². The third-order valence-corrected chi connectivity index (χ3v) is 3.73. The van der Waals surface area contributed by atoms with Crippen molar-refractivity contribution in [2.45, 2.75) is 19.8 Å². The summed E-state index contributed by atoms with van der Waals surface area (Å²) in [6.45, 7) is 9.02. The molecule has 1 aromatic carbocycles. The van der Waals surface area contributed by atoms with Crippen molar-refractivity contribution in [3.05, 3.63) is 33.9 Å². The number of morpholine rings is 1. The Morgan fingerprint density at radius 1 is 1.38 bits per heavy atom. The fourth-order valence-electron chi connectivity index (χ4n) is 2.38. The smallest absolute Gasteiger partial charge is 0.292 e. The Morgan fingerprint density at radius 3 is 2.71 bits per heavy atom. The molecule has 1 aliphatic rings. The minimum absolute atomic E-state index is 0.156. The molecular formula is C15H23N3O3. The van der Waals surface area contributed by atoms with Gasteiger partial charge in [-0.25, -0.2) is 0 Å². The first-order valence-corrected chi connectivity index (χ1v) is 7.40. The largest absolute Gasteiger partial charge is 0.379 e. The Hall–Kier alpha value is -1.66. The zero-order chi connectivity index (χ0) is 15.2. The second-order valence-electron chi connectivity index (χ2n) is 5.57.